The first kappa shape index (κ1) is 28.1. The van der Waals surface area contributed by atoms with Crippen molar-refractivity contribution >= 4 is 51.9 Å². The third kappa shape index (κ3) is 5.95. The lowest BCUT2D eigenvalue weighted by atomic mass is 10.1. The standard InChI is InChI=1S/C33H30Cl2N4O3/c1-23(40)32-36-39(29-10-8-26(34)9-11-29)33(38(32)28-14-12-27(13-15-28)37-18-20-41-21-19-37)24-6-16-30(17-7-24)42-22-25-4-2-3-5-31(25)35/h2-17,33H,18-22H2,1H3. The first-order chi connectivity index (χ1) is 20.5. The third-order valence-electron chi connectivity index (χ3n) is 7.35. The van der Waals surface area contributed by atoms with Gasteiger partial charge in [0.1, 0.15) is 12.4 Å². The molecule has 0 saturated carbocycles. The maximum atomic E-state index is 13.0. The summed E-state index contributed by atoms with van der Waals surface area (Å²) in [7, 11) is 0. The Balaban J connectivity index is 1.33. The summed E-state index contributed by atoms with van der Waals surface area (Å²) in [5.74, 6) is 0.936. The number of carbonyl (C=O) groups excluding carboxylic acids is 1. The van der Waals surface area contributed by atoms with Crippen LogP contribution in [-0.4, -0.2) is 37.9 Å². The lowest BCUT2D eigenvalue weighted by molar-refractivity contribution is -0.111. The van der Waals surface area contributed by atoms with E-state index >= 15 is 0 Å². The molecule has 1 fully saturated rings. The maximum absolute atomic E-state index is 13.0. The molecule has 2 aliphatic rings. The van der Waals surface area contributed by atoms with Crippen molar-refractivity contribution in [2.45, 2.75) is 19.7 Å². The Bertz CT molecular complexity index is 1570. The molecular weight excluding hydrogens is 571 g/mol. The largest absolute Gasteiger partial charge is 0.489 e. The molecule has 9 heteroatoms. The van der Waals surface area contributed by atoms with Crippen LogP contribution in [0.2, 0.25) is 10.0 Å². The van der Waals surface area contributed by atoms with Gasteiger partial charge in [-0.3, -0.25) is 9.69 Å². The summed E-state index contributed by atoms with van der Waals surface area (Å²) in [5.41, 5.74) is 4.65. The van der Waals surface area contributed by atoms with Crippen LogP contribution < -0.4 is 19.5 Å². The number of hydrazone groups is 1. The minimum Gasteiger partial charge on any atom is -0.489 e. The van der Waals surface area contributed by atoms with Crippen molar-refractivity contribution in [3.8, 4) is 5.75 Å². The molecule has 1 saturated heterocycles. The highest BCUT2D eigenvalue weighted by atomic mass is 35.5. The zero-order chi connectivity index (χ0) is 29.1. The number of Topliss-reactive ketones (excluding diaryl/α,β-unsaturated/α-hetero) is 1. The van der Waals surface area contributed by atoms with E-state index in [2.05, 4.69) is 17.0 Å². The fourth-order valence-corrected chi connectivity index (χ4v) is 5.49. The second-order valence-electron chi connectivity index (χ2n) is 10.1. The second kappa shape index (κ2) is 12.4. The van der Waals surface area contributed by atoms with Crippen molar-refractivity contribution in [3.63, 3.8) is 0 Å². The number of hydrogen-bond acceptors (Lipinski definition) is 7. The van der Waals surface area contributed by atoms with Crippen LogP contribution in [0.4, 0.5) is 17.1 Å². The number of morpholine rings is 1. The molecule has 2 heterocycles. The van der Waals surface area contributed by atoms with Gasteiger partial charge in [-0.15, -0.1) is 5.10 Å². The first-order valence-corrected chi connectivity index (χ1v) is 14.6. The van der Waals surface area contributed by atoms with Crippen LogP contribution in [0.1, 0.15) is 24.2 Å². The van der Waals surface area contributed by atoms with Crippen LogP contribution in [0.25, 0.3) is 0 Å². The number of halogens is 2. The average molecular weight is 602 g/mol. The van der Waals surface area contributed by atoms with Gasteiger partial charge in [0.25, 0.3) is 0 Å². The number of rotatable bonds is 8. The van der Waals surface area contributed by atoms with Gasteiger partial charge in [0, 0.05) is 47.0 Å². The van der Waals surface area contributed by atoms with Crippen molar-refractivity contribution in [1.29, 1.82) is 0 Å². The Labute approximate surface area is 255 Å². The van der Waals surface area contributed by atoms with Crippen LogP contribution in [-0.2, 0) is 16.1 Å². The number of amidine groups is 1. The van der Waals surface area contributed by atoms with Gasteiger partial charge in [0.2, 0.25) is 0 Å². The fraction of sp³-hybridized carbons (Fsp3) is 0.212. The van der Waals surface area contributed by atoms with E-state index in [4.69, 9.17) is 37.8 Å². The highest BCUT2D eigenvalue weighted by molar-refractivity contribution is 6.44. The predicted molar refractivity (Wildman–Crippen MR) is 169 cm³/mol. The summed E-state index contributed by atoms with van der Waals surface area (Å²) < 4.78 is 11.5. The van der Waals surface area contributed by atoms with Crippen LogP contribution in [0.15, 0.2) is 102 Å². The summed E-state index contributed by atoms with van der Waals surface area (Å²) >= 11 is 12.5. The molecule has 0 aromatic heterocycles. The number of nitrogens with zero attached hydrogens (tertiary/aromatic N) is 4. The molecule has 1 unspecified atom stereocenters. The van der Waals surface area contributed by atoms with Crippen LogP contribution >= 0.6 is 23.2 Å². The summed E-state index contributed by atoms with van der Waals surface area (Å²) in [6.45, 7) is 5.03. The zero-order valence-corrected chi connectivity index (χ0v) is 24.6. The van der Waals surface area contributed by atoms with E-state index in [1.165, 1.54) is 0 Å². The van der Waals surface area contributed by atoms with Gasteiger partial charge < -0.3 is 14.4 Å². The molecule has 214 valence electrons. The molecule has 0 aliphatic carbocycles. The topological polar surface area (TPSA) is 57.6 Å². The average Bonchev–Trinajstić information content (AvgIpc) is 3.43. The molecule has 0 amide bonds. The Morgan fingerprint density at radius 3 is 2.17 bits per heavy atom. The third-order valence-corrected chi connectivity index (χ3v) is 7.97. The molecule has 4 aromatic rings. The predicted octanol–water partition coefficient (Wildman–Crippen LogP) is 7.34. The summed E-state index contributed by atoms with van der Waals surface area (Å²) in [6.07, 6.45) is -0.420. The molecule has 0 spiro atoms. The van der Waals surface area contributed by atoms with Gasteiger partial charge in [0.05, 0.1) is 18.9 Å². The molecule has 0 bridgehead atoms. The minimum absolute atomic E-state index is 0.131. The summed E-state index contributed by atoms with van der Waals surface area (Å²) in [5, 5.41) is 7.99. The Hall–Kier alpha value is -4.04. The molecule has 0 N–H and O–H groups in total. The molecular formula is C33H30Cl2N4O3. The fourth-order valence-electron chi connectivity index (χ4n) is 5.18. The van der Waals surface area contributed by atoms with E-state index in [1.54, 1.807) is 6.92 Å². The number of anilines is 3. The molecule has 0 radical (unpaired) electrons. The molecule has 42 heavy (non-hydrogen) atoms. The van der Waals surface area contributed by atoms with Gasteiger partial charge in [-0.05, 0) is 72.3 Å². The van der Waals surface area contributed by atoms with Crippen molar-refractivity contribution in [3.05, 3.63) is 118 Å². The summed E-state index contributed by atoms with van der Waals surface area (Å²) in [6, 6.07) is 31.2. The van der Waals surface area contributed by atoms with E-state index in [-0.39, 0.29) is 5.78 Å². The van der Waals surface area contributed by atoms with Crippen molar-refractivity contribution in [2.75, 3.05) is 41.1 Å². The van der Waals surface area contributed by atoms with Crippen molar-refractivity contribution in [1.82, 2.24) is 0 Å². The van der Waals surface area contributed by atoms with Gasteiger partial charge in [-0.1, -0.05) is 53.5 Å². The van der Waals surface area contributed by atoms with Crippen molar-refractivity contribution in [2.24, 2.45) is 5.10 Å². The van der Waals surface area contributed by atoms with E-state index in [0.717, 1.165) is 41.3 Å². The monoisotopic (exact) mass is 600 g/mol. The second-order valence-corrected chi connectivity index (χ2v) is 11.0. The van der Waals surface area contributed by atoms with Crippen LogP contribution in [0, 0.1) is 0 Å². The molecule has 6 rings (SSSR count). The number of ether oxygens (including phenoxy) is 2. The number of benzene rings is 4. The molecule has 2 aliphatic heterocycles. The lowest BCUT2D eigenvalue weighted by Crippen LogP contribution is -2.38. The molecule has 7 nitrogen and oxygen atoms in total. The van der Waals surface area contributed by atoms with Gasteiger partial charge in [-0.2, -0.15) is 0 Å². The smallest absolute Gasteiger partial charge is 0.198 e. The van der Waals surface area contributed by atoms with E-state index in [9.17, 15) is 4.79 Å². The van der Waals surface area contributed by atoms with E-state index < -0.39 is 6.17 Å². The highest BCUT2D eigenvalue weighted by Gasteiger charge is 2.39. The van der Waals surface area contributed by atoms with Gasteiger partial charge >= 0.3 is 0 Å². The van der Waals surface area contributed by atoms with Crippen LogP contribution in [0.5, 0.6) is 5.75 Å². The Kier molecular flexibility index (Phi) is 8.33. The van der Waals surface area contributed by atoms with Crippen LogP contribution in [0.3, 0.4) is 0 Å². The van der Waals surface area contributed by atoms with Gasteiger partial charge in [-0.25, -0.2) is 5.01 Å². The number of carbonyl (C=O) groups is 1. The highest BCUT2D eigenvalue weighted by Crippen LogP contribution is 2.40. The molecule has 1 atom stereocenters. The summed E-state index contributed by atoms with van der Waals surface area (Å²) in [4.78, 5) is 17.3. The van der Waals surface area contributed by atoms with Gasteiger partial charge in [0.15, 0.2) is 17.8 Å². The van der Waals surface area contributed by atoms with E-state index in [0.29, 0.717) is 41.5 Å². The Morgan fingerprint density at radius 1 is 0.857 bits per heavy atom. The minimum atomic E-state index is -0.420. The lowest BCUT2D eigenvalue weighted by Gasteiger charge is -2.33. The first-order valence-electron chi connectivity index (χ1n) is 13.8. The maximum Gasteiger partial charge on any atom is 0.198 e. The SMILES string of the molecule is CC(=O)C1=NN(c2ccc(Cl)cc2)C(c2ccc(OCc3ccccc3Cl)cc2)N1c1ccc(N2CCOCC2)cc1. The quantitative estimate of drug-likeness (QED) is 0.211. The normalized spacial score (nSPS) is 16.9. The Morgan fingerprint density at radius 2 is 1.50 bits per heavy atom. The van der Waals surface area contributed by atoms with E-state index in [1.807, 2.05) is 94.8 Å². The zero-order valence-electron chi connectivity index (χ0n) is 23.1. The van der Waals surface area contributed by atoms with Crippen molar-refractivity contribution < 1.29 is 14.3 Å². The molecule has 4 aromatic carbocycles. The number of ketones is 1. The number of hydrogen-bond donors (Lipinski definition) is 0.